The summed E-state index contributed by atoms with van der Waals surface area (Å²) in [6.45, 7) is 9.98. The first kappa shape index (κ1) is 31.2. The summed E-state index contributed by atoms with van der Waals surface area (Å²) in [6, 6.07) is 0. The Morgan fingerprint density at radius 2 is 0.591 bits per heavy atom. The van der Waals surface area contributed by atoms with Gasteiger partial charge in [-0.25, -0.2) is 0 Å². The van der Waals surface area contributed by atoms with E-state index in [4.69, 9.17) is 0 Å². The van der Waals surface area contributed by atoms with Crippen LogP contribution in [0.4, 0.5) is 0 Å². The van der Waals surface area contributed by atoms with Gasteiger partial charge in [-0.2, -0.15) is 0 Å². The summed E-state index contributed by atoms with van der Waals surface area (Å²) in [6.07, 6.45) is 1.77. The second-order valence-electron chi connectivity index (χ2n) is 4.34. The maximum atomic E-state index is 10.4. The van der Waals surface area contributed by atoms with E-state index >= 15 is 0 Å². The molecule has 0 aromatic heterocycles. The molecule has 0 saturated heterocycles. The molecule has 0 bridgehead atoms. The minimum atomic E-state index is -2.90. The summed E-state index contributed by atoms with van der Waals surface area (Å²) < 4.78 is 31.2. The standard InChI is InChI=1S/3C4H11O2P.Sc/c3*1-3-7(5,6)4-2;/h3*3-4H2,1-2H3,(H,5,6);/q;;;+3/p-3. The van der Waals surface area contributed by atoms with Crippen molar-refractivity contribution in [2.45, 2.75) is 41.5 Å². The van der Waals surface area contributed by atoms with Crippen LogP contribution in [-0.2, 0) is 39.5 Å². The van der Waals surface area contributed by atoms with Crippen LogP contribution in [0.5, 0.6) is 0 Å². The Labute approximate surface area is 154 Å². The van der Waals surface area contributed by atoms with Crippen LogP contribution < -0.4 is 14.7 Å². The van der Waals surface area contributed by atoms with E-state index in [0.29, 0.717) is 37.0 Å². The maximum Gasteiger partial charge on any atom is 3.00 e. The molecule has 6 nitrogen and oxygen atoms in total. The summed E-state index contributed by atoms with van der Waals surface area (Å²) in [5, 5.41) is 0. The molecule has 0 radical (unpaired) electrons. The predicted molar refractivity (Wildman–Crippen MR) is 86.1 cm³/mol. The van der Waals surface area contributed by atoms with Gasteiger partial charge in [-0.1, -0.05) is 41.5 Å². The summed E-state index contributed by atoms with van der Waals surface area (Å²) in [5.74, 6) is 0. The van der Waals surface area contributed by atoms with Crippen molar-refractivity contribution in [1.82, 2.24) is 0 Å². The zero-order valence-electron chi connectivity index (χ0n) is 14.6. The molecule has 0 spiro atoms. The van der Waals surface area contributed by atoms with Crippen LogP contribution >= 0.6 is 22.1 Å². The summed E-state index contributed by atoms with van der Waals surface area (Å²) in [4.78, 5) is 31.2. The fraction of sp³-hybridized carbons (Fsp3) is 1.00. The molecule has 0 aliphatic carbocycles. The van der Waals surface area contributed by atoms with Crippen molar-refractivity contribution in [2.75, 3.05) is 37.0 Å². The largest absolute Gasteiger partial charge is 3.00 e. The Kier molecular flexibility index (Phi) is 22.6. The van der Waals surface area contributed by atoms with E-state index in [1.807, 2.05) is 0 Å². The molecule has 0 unspecified atom stereocenters. The van der Waals surface area contributed by atoms with Gasteiger partial charge in [0.1, 0.15) is 0 Å². The Balaban J connectivity index is -0.000000108. The van der Waals surface area contributed by atoms with Crippen molar-refractivity contribution < 1.29 is 54.2 Å². The van der Waals surface area contributed by atoms with Gasteiger partial charge >= 0.3 is 25.8 Å². The molecule has 0 aromatic carbocycles. The first-order valence-corrected chi connectivity index (χ1v) is 13.2. The fourth-order valence-corrected chi connectivity index (χ4v) is 2.01. The van der Waals surface area contributed by atoms with Gasteiger partial charge in [-0.05, 0) is 37.0 Å². The number of hydrogen-bond acceptors (Lipinski definition) is 6. The molecule has 0 saturated carbocycles. The zero-order valence-corrected chi connectivity index (χ0v) is 19.1. The van der Waals surface area contributed by atoms with Crippen molar-refractivity contribution in [1.29, 1.82) is 0 Å². The minimum Gasteiger partial charge on any atom is -0.799 e. The Bertz CT molecular complexity index is 308. The minimum absolute atomic E-state index is 0. The van der Waals surface area contributed by atoms with Gasteiger partial charge in [0.25, 0.3) is 0 Å². The van der Waals surface area contributed by atoms with E-state index in [2.05, 4.69) is 0 Å². The summed E-state index contributed by atoms with van der Waals surface area (Å²) in [5.41, 5.74) is 0. The second-order valence-corrected chi connectivity index (χ2v) is 13.0. The third-order valence-corrected chi connectivity index (χ3v) is 8.67. The SMILES string of the molecule is CCP(=O)([O-])CC.CCP(=O)([O-])CC.CCP(=O)([O-])CC.[Sc+3]. The maximum absolute atomic E-state index is 10.4. The summed E-state index contributed by atoms with van der Waals surface area (Å²) in [7, 11) is -8.71. The van der Waals surface area contributed by atoms with E-state index in [1.165, 1.54) is 0 Å². The van der Waals surface area contributed by atoms with Gasteiger partial charge < -0.3 is 28.4 Å². The molecule has 0 aliphatic rings. The van der Waals surface area contributed by atoms with E-state index in [9.17, 15) is 28.4 Å². The van der Waals surface area contributed by atoms with Gasteiger partial charge in [0.05, 0.1) is 0 Å². The van der Waals surface area contributed by atoms with Gasteiger partial charge in [0.2, 0.25) is 0 Å². The van der Waals surface area contributed by atoms with Gasteiger partial charge in [0.15, 0.2) is 0 Å². The third kappa shape index (κ3) is 23.7. The van der Waals surface area contributed by atoms with Crippen molar-refractivity contribution >= 4 is 22.1 Å². The topological polar surface area (TPSA) is 120 Å². The van der Waals surface area contributed by atoms with Crippen LogP contribution in [0.25, 0.3) is 0 Å². The van der Waals surface area contributed by atoms with Crippen LogP contribution in [-0.4, -0.2) is 37.0 Å². The molecule has 0 rings (SSSR count). The summed E-state index contributed by atoms with van der Waals surface area (Å²) >= 11 is 0. The van der Waals surface area contributed by atoms with E-state index < -0.39 is 22.1 Å². The van der Waals surface area contributed by atoms with Crippen molar-refractivity contribution in [3.05, 3.63) is 0 Å². The molecular formula is C12H30O6P3Sc. The van der Waals surface area contributed by atoms with E-state index in [1.54, 1.807) is 41.5 Å². The first-order valence-electron chi connectivity index (χ1n) is 7.24. The number of hydrogen-bond donors (Lipinski definition) is 0. The molecule has 0 heterocycles. The molecule has 0 fully saturated rings. The van der Waals surface area contributed by atoms with Gasteiger partial charge in [-0.3, -0.25) is 0 Å². The molecule has 0 N–H and O–H groups in total. The molecule has 0 amide bonds. The monoisotopic (exact) mass is 408 g/mol. The molecule has 0 atom stereocenters. The van der Waals surface area contributed by atoms with Crippen LogP contribution in [0.2, 0.25) is 0 Å². The van der Waals surface area contributed by atoms with Crippen molar-refractivity contribution in [3.8, 4) is 0 Å². The fourth-order valence-electron chi connectivity index (χ4n) is 0.671. The average molecular weight is 408 g/mol. The second kappa shape index (κ2) is 15.9. The first-order chi connectivity index (χ1) is 9.36. The van der Waals surface area contributed by atoms with Gasteiger partial charge in [0, 0.05) is 22.1 Å². The normalized spacial score (nSPS) is 11.3. The van der Waals surface area contributed by atoms with Crippen molar-refractivity contribution in [2.24, 2.45) is 0 Å². The predicted octanol–water partition coefficient (Wildman–Crippen LogP) is 1.99. The van der Waals surface area contributed by atoms with Crippen molar-refractivity contribution in [3.63, 3.8) is 0 Å². The molecular weight excluding hydrogens is 378 g/mol. The molecule has 22 heavy (non-hydrogen) atoms. The van der Waals surface area contributed by atoms with Crippen LogP contribution in [0.3, 0.4) is 0 Å². The molecule has 0 aliphatic heterocycles. The van der Waals surface area contributed by atoms with Gasteiger partial charge in [-0.15, -0.1) is 0 Å². The van der Waals surface area contributed by atoms with Crippen LogP contribution in [0.1, 0.15) is 41.5 Å². The van der Waals surface area contributed by atoms with Crippen LogP contribution in [0, 0.1) is 0 Å². The molecule has 10 heteroatoms. The Hall–Kier alpha value is 1.44. The smallest absolute Gasteiger partial charge is 0.799 e. The van der Waals surface area contributed by atoms with Crippen LogP contribution in [0.15, 0.2) is 0 Å². The van der Waals surface area contributed by atoms with E-state index in [-0.39, 0.29) is 25.8 Å². The zero-order chi connectivity index (χ0) is 17.7. The average Bonchev–Trinajstić information content (AvgIpc) is 2.48. The Morgan fingerprint density at radius 1 is 0.500 bits per heavy atom. The Morgan fingerprint density at radius 3 is 0.591 bits per heavy atom. The molecule has 132 valence electrons. The van der Waals surface area contributed by atoms with E-state index in [0.717, 1.165) is 0 Å². The number of rotatable bonds is 6. The molecule has 0 aromatic rings. The quantitative estimate of drug-likeness (QED) is 0.620. The third-order valence-electron chi connectivity index (χ3n) is 2.89.